The summed E-state index contributed by atoms with van der Waals surface area (Å²) in [6.45, 7) is 9.27. The fourth-order valence-corrected chi connectivity index (χ4v) is 3.38. The van der Waals surface area contributed by atoms with E-state index in [1.54, 1.807) is 0 Å². The summed E-state index contributed by atoms with van der Waals surface area (Å²) in [5.41, 5.74) is 2.72. The van der Waals surface area contributed by atoms with E-state index in [1.165, 1.54) is 37.1 Å². The molecule has 21 heavy (non-hydrogen) atoms. The minimum absolute atomic E-state index is 0. The Hall–Kier alpha value is 0.104. The first-order chi connectivity index (χ1) is 9.56. The van der Waals surface area contributed by atoms with Gasteiger partial charge in [0.15, 0.2) is 0 Å². The second-order valence-electron chi connectivity index (χ2n) is 6.81. The van der Waals surface area contributed by atoms with Gasteiger partial charge in [0, 0.05) is 45.7 Å². The maximum absolute atomic E-state index is 3.46. The molecule has 113 valence electrons. The van der Waals surface area contributed by atoms with Gasteiger partial charge in [-0.1, -0.05) is 33.1 Å². The fourth-order valence-electron chi connectivity index (χ4n) is 3.38. The average Bonchev–Trinajstić information content (AvgIpc) is 2.38. The van der Waals surface area contributed by atoms with Crippen LogP contribution in [0.2, 0.25) is 0 Å². The summed E-state index contributed by atoms with van der Waals surface area (Å²) in [7, 11) is 2.22. The molecule has 0 bridgehead atoms. The Morgan fingerprint density at radius 3 is 2.81 bits per heavy atom. The summed E-state index contributed by atoms with van der Waals surface area (Å²) < 4.78 is 0. The van der Waals surface area contributed by atoms with Crippen molar-refractivity contribution in [2.24, 2.45) is 17.8 Å². The number of nitrogens with zero attached hydrogens (tertiary/aromatic N) is 1. The molecule has 0 spiro atoms. The smallest absolute Gasteiger partial charge is 0.0117 e. The maximum atomic E-state index is 3.46. The third-order valence-corrected chi connectivity index (χ3v) is 4.45. The van der Waals surface area contributed by atoms with Gasteiger partial charge in [0.1, 0.15) is 0 Å². The Labute approximate surface area is 156 Å². The molecule has 0 aromatic heterocycles. The standard InChI is InChI=1S/C19H28N.Y/c1-15(2)19-11-10-17(13-16(19)3)7-5-8-18-9-6-12-20(4)14-18;/h10,15-16,18H,6,8-9,12-14H2,1-4H3;/q-1;. The second kappa shape index (κ2) is 9.29. The summed E-state index contributed by atoms with van der Waals surface area (Å²) in [5.74, 6) is 8.79. The number of piperidine rings is 1. The van der Waals surface area contributed by atoms with Crippen molar-refractivity contribution in [1.82, 2.24) is 4.90 Å². The third kappa shape index (κ3) is 6.01. The molecule has 1 fully saturated rings. The van der Waals surface area contributed by atoms with Crippen LogP contribution in [-0.2, 0) is 32.7 Å². The molecule has 1 nitrogen and oxygen atoms in total. The van der Waals surface area contributed by atoms with E-state index >= 15 is 0 Å². The Morgan fingerprint density at radius 1 is 1.43 bits per heavy atom. The van der Waals surface area contributed by atoms with Crippen molar-refractivity contribution < 1.29 is 32.7 Å². The monoisotopic (exact) mass is 359 g/mol. The maximum Gasteiger partial charge on any atom is 0.0117 e. The minimum atomic E-state index is 0. The summed E-state index contributed by atoms with van der Waals surface area (Å²) in [4.78, 5) is 2.43. The molecule has 1 aliphatic heterocycles. The van der Waals surface area contributed by atoms with Gasteiger partial charge in [0.2, 0.25) is 0 Å². The molecule has 0 saturated carbocycles. The third-order valence-electron chi connectivity index (χ3n) is 4.45. The van der Waals surface area contributed by atoms with Crippen LogP contribution in [0.3, 0.4) is 0 Å². The van der Waals surface area contributed by atoms with Crippen LogP contribution in [0.15, 0.2) is 17.2 Å². The van der Waals surface area contributed by atoms with Gasteiger partial charge in [-0.15, -0.1) is 11.5 Å². The number of allylic oxidation sites excluding steroid dienone is 4. The zero-order valence-corrected chi connectivity index (χ0v) is 16.9. The predicted octanol–water partition coefficient (Wildman–Crippen LogP) is 4.07. The van der Waals surface area contributed by atoms with E-state index in [-0.39, 0.29) is 32.7 Å². The molecule has 1 aliphatic carbocycles. The Morgan fingerprint density at radius 2 is 2.19 bits per heavy atom. The van der Waals surface area contributed by atoms with Crippen LogP contribution in [0.4, 0.5) is 0 Å². The van der Waals surface area contributed by atoms with E-state index in [2.05, 4.69) is 56.7 Å². The first-order valence-corrected chi connectivity index (χ1v) is 8.06. The molecule has 2 unspecified atom stereocenters. The van der Waals surface area contributed by atoms with Gasteiger partial charge in [-0.2, -0.15) is 11.5 Å². The largest absolute Gasteiger partial charge is 0.306 e. The molecule has 0 N–H and O–H groups in total. The zero-order chi connectivity index (χ0) is 14.5. The molecular formula is C19H28NY-. The number of hydrogen-bond donors (Lipinski definition) is 0. The Kier molecular flexibility index (Phi) is 8.47. The van der Waals surface area contributed by atoms with Gasteiger partial charge in [-0.3, -0.25) is 6.08 Å². The SMILES string of the molecule is CC(C)C1=[C-]C=C(C#CCC2CCCN(C)C2)CC1C.[Y]. The van der Waals surface area contributed by atoms with Gasteiger partial charge in [-0.05, 0) is 38.3 Å². The Balaban J connectivity index is 0.00000220. The molecule has 2 heteroatoms. The van der Waals surface area contributed by atoms with Gasteiger partial charge in [-0.25, -0.2) is 6.08 Å². The van der Waals surface area contributed by atoms with Gasteiger partial charge >= 0.3 is 0 Å². The van der Waals surface area contributed by atoms with Crippen molar-refractivity contribution in [1.29, 1.82) is 0 Å². The van der Waals surface area contributed by atoms with Crippen LogP contribution in [0.5, 0.6) is 0 Å². The number of hydrogen-bond acceptors (Lipinski definition) is 1. The van der Waals surface area contributed by atoms with Crippen molar-refractivity contribution in [2.75, 3.05) is 20.1 Å². The van der Waals surface area contributed by atoms with E-state index in [9.17, 15) is 0 Å². The summed E-state index contributed by atoms with van der Waals surface area (Å²) in [5, 5.41) is 0. The Bertz CT molecular complexity index is 450. The van der Waals surface area contributed by atoms with Crippen LogP contribution >= 0.6 is 0 Å². The molecule has 1 heterocycles. The van der Waals surface area contributed by atoms with Crippen molar-refractivity contribution in [3.05, 3.63) is 23.3 Å². The normalized spacial score (nSPS) is 26.3. The van der Waals surface area contributed by atoms with Gasteiger partial charge in [0.05, 0.1) is 0 Å². The molecule has 0 aromatic rings. The van der Waals surface area contributed by atoms with Gasteiger partial charge in [0.25, 0.3) is 0 Å². The summed E-state index contributed by atoms with van der Waals surface area (Å²) in [6.07, 6.45) is 10.4. The first kappa shape index (κ1) is 19.2. The molecule has 1 radical (unpaired) electrons. The molecular weight excluding hydrogens is 331 g/mol. The summed E-state index contributed by atoms with van der Waals surface area (Å²) >= 11 is 0. The van der Waals surface area contributed by atoms with E-state index in [4.69, 9.17) is 0 Å². The van der Waals surface area contributed by atoms with E-state index in [0.717, 1.165) is 18.8 Å². The van der Waals surface area contributed by atoms with Crippen LogP contribution in [0.1, 0.15) is 46.5 Å². The van der Waals surface area contributed by atoms with Crippen molar-refractivity contribution in [3.63, 3.8) is 0 Å². The van der Waals surface area contributed by atoms with E-state index in [1.807, 2.05) is 0 Å². The quantitative estimate of drug-likeness (QED) is 0.531. The molecule has 0 aromatic carbocycles. The second-order valence-corrected chi connectivity index (χ2v) is 6.81. The van der Waals surface area contributed by atoms with Crippen molar-refractivity contribution in [3.8, 4) is 11.8 Å². The molecule has 2 aliphatic rings. The van der Waals surface area contributed by atoms with Gasteiger partial charge < -0.3 is 4.90 Å². The van der Waals surface area contributed by atoms with Crippen LogP contribution < -0.4 is 0 Å². The van der Waals surface area contributed by atoms with Crippen molar-refractivity contribution in [2.45, 2.75) is 46.5 Å². The molecule has 1 saturated heterocycles. The van der Waals surface area contributed by atoms with Crippen molar-refractivity contribution >= 4 is 0 Å². The van der Waals surface area contributed by atoms with Crippen LogP contribution in [0, 0.1) is 35.7 Å². The first-order valence-electron chi connectivity index (χ1n) is 8.06. The average molecular weight is 359 g/mol. The zero-order valence-electron chi connectivity index (χ0n) is 14.1. The molecule has 0 amide bonds. The molecule has 2 rings (SSSR count). The van der Waals surface area contributed by atoms with E-state index < -0.39 is 0 Å². The van der Waals surface area contributed by atoms with E-state index in [0.29, 0.717) is 11.8 Å². The van der Waals surface area contributed by atoms with Crippen LogP contribution in [0.25, 0.3) is 0 Å². The molecule has 2 atom stereocenters. The minimum Gasteiger partial charge on any atom is -0.306 e. The predicted molar refractivity (Wildman–Crippen MR) is 86.1 cm³/mol. The topological polar surface area (TPSA) is 3.24 Å². The van der Waals surface area contributed by atoms with Crippen LogP contribution in [-0.4, -0.2) is 25.0 Å². The number of likely N-dealkylation sites (tertiary alicyclic amines) is 1. The number of rotatable bonds is 2. The summed E-state index contributed by atoms with van der Waals surface area (Å²) in [6, 6.07) is 0. The fraction of sp³-hybridized carbons (Fsp3) is 0.684.